The SMILES string of the molecule is CC1(C)c2cc(-c3cc(-c4ccccc4)cc(-c4ccccc4)c3)ccc2-c2ccc(-c3ccc4c(c3)C(C)(C)c3cc(-c5ccc6cc(-c7ccc8ccccc8c7)ccc6c5)ccc3-4)cc21. The highest BCUT2D eigenvalue weighted by Crippen LogP contribution is 2.53. The molecule has 13 rings (SSSR count). The Labute approximate surface area is 399 Å². The molecule has 0 heteroatoms. The molecule has 2 aliphatic rings. The molecule has 0 amide bonds. The van der Waals surface area contributed by atoms with E-state index in [9.17, 15) is 0 Å². The molecule has 68 heavy (non-hydrogen) atoms. The standard InChI is InChI=1S/C68H50/c1-67(2)63-39-52(51-24-23-49-34-48(21-22-50(49)35-51)47-20-19-45-17-11-12-18-46(45)33-47)25-29-59(63)60-30-26-53(40-64(60)67)54-27-31-61-62-32-28-55(42-66(62)68(3,4)65(61)41-54)58-37-56(43-13-7-5-8-14-43)36-57(38-58)44-15-9-6-10-16-44/h5-42H,1-4H3. The van der Waals surface area contributed by atoms with Crippen molar-refractivity contribution in [2.75, 3.05) is 0 Å². The largest absolute Gasteiger partial charge is 0.0622 e. The third-order valence-corrected chi connectivity index (χ3v) is 15.4. The van der Waals surface area contributed by atoms with Crippen molar-refractivity contribution < 1.29 is 0 Å². The van der Waals surface area contributed by atoms with Crippen molar-refractivity contribution in [1.29, 1.82) is 0 Å². The van der Waals surface area contributed by atoms with E-state index < -0.39 is 0 Å². The summed E-state index contributed by atoms with van der Waals surface area (Å²) in [5.41, 5.74) is 25.5. The zero-order valence-electron chi connectivity index (χ0n) is 38.9. The Kier molecular flexibility index (Phi) is 9.02. The van der Waals surface area contributed by atoms with E-state index in [1.807, 2.05) is 0 Å². The van der Waals surface area contributed by atoms with Gasteiger partial charge in [0.2, 0.25) is 0 Å². The molecule has 11 aromatic rings. The van der Waals surface area contributed by atoms with Crippen LogP contribution in [0.5, 0.6) is 0 Å². The molecule has 0 bridgehead atoms. The summed E-state index contributed by atoms with van der Waals surface area (Å²) in [6.07, 6.45) is 0. The normalized spacial score (nSPS) is 13.8. The minimum Gasteiger partial charge on any atom is -0.0622 e. The van der Waals surface area contributed by atoms with Gasteiger partial charge in [-0.25, -0.2) is 0 Å². The maximum atomic E-state index is 2.47. The predicted molar refractivity (Wildman–Crippen MR) is 289 cm³/mol. The highest BCUT2D eigenvalue weighted by atomic mass is 14.4. The van der Waals surface area contributed by atoms with Crippen LogP contribution in [0, 0.1) is 0 Å². The molecular weight excluding hydrogens is 817 g/mol. The third-order valence-electron chi connectivity index (χ3n) is 15.4. The second-order valence-electron chi connectivity index (χ2n) is 20.2. The summed E-state index contributed by atoms with van der Waals surface area (Å²) in [5.74, 6) is 0. The van der Waals surface area contributed by atoms with Crippen molar-refractivity contribution in [2.45, 2.75) is 38.5 Å². The van der Waals surface area contributed by atoms with E-state index in [2.05, 4.69) is 258 Å². The molecule has 0 saturated heterocycles. The van der Waals surface area contributed by atoms with E-state index in [0.29, 0.717) is 0 Å². The van der Waals surface area contributed by atoms with E-state index in [-0.39, 0.29) is 10.8 Å². The van der Waals surface area contributed by atoms with Gasteiger partial charge in [-0.1, -0.05) is 198 Å². The minimum atomic E-state index is -0.166. The van der Waals surface area contributed by atoms with Crippen LogP contribution in [0.4, 0.5) is 0 Å². The molecule has 11 aromatic carbocycles. The lowest BCUT2D eigenvalue weighted by molar-refractivity contribution is 0.660. The van der Waals surface area contributed by atoms with Gasteiger partial charge in [-0.05, 0) is 193 Å². The van der Waals surface area contributed by atoms with Crippen LogP contribution in [-0.4, -0.2) is 0 Å². The van der Waals surface area contributed by atoms with Gasteiger partial charge in [-0.3, -0.25) is 0 Å². The Hall–Kier alpha value is -8.06. The van der Waals surface area contributed by atoms with Crippen LogP contribution in [0.15, 0.2) is 231 Å². The molecule has 0 aliphatic heterocycles. The summed E-state index contributed by atoms with van der Waals surface area (Å²) < 4.78 is 0. The topological polar surface area (TPSA) is 0 Å². The summed E-state index contributed by atoms with van der Waals surface area (Å²) in [5, 5.41) is 5.05. The van der Waals surface area contributed by atoms with Crippen molar-refractivity contribution in [2.24, 2.45) is 0 Å². The quantitative estimate of drug-likeness (QED) is 0.156. The van der Waals surface area contributed by atoms with Gasteiger partial charge in [0.1, 0.15) is 0 Å². The molecule has 0 unspecified atom stereocenters. The number of hydrogen-bond acceptors (Lipinski definition) is 0. The van der Waals surface area contributed by atoms with Gasteiger partial charge in [-0.15, -0.1) is 0 Å². The van der Waals surface area contributed by atoms with E-state index >= 15 is 0 Å². The number of fused-ring (bicyclic) bond motifs is 8. The van der Waals surface area contributed by atoms with Gasteiger partial charge in [0.05, 0.1) is 0 Å². The van der Waals surface area contributed by atoms with Crippen LogP contribution in [0.1, 0.15) is 49.9 Å². The Bertz CT molecular complexity index is 3770. The Morgan fingerprint density at radius 2 is 0.456 bits per heavy atom. The number of hydrogen-bond donors (Lipinski definition) is 0. The molecule has 0 saturated carbocycles. The first-order chi connectivity index (χ1) is 33.2. The van der Waals surface area contributed by atoms with Crippen molar-refractivity contribution in [3.63, 3.8) is 0 Å². The Morgan fingerprint density at radius 1 is 0.191 bits per heavy atom. The maximum Gasteiger partial charge on any atom is 0.0159 e. The first-order valence-corrected chi connectivity index (χ1v) is 24.0. The molecule has 0 aromatic heterocycles. The van der Waals surface area contributed by atoms with E-state index in [1.54, 1.807) is 0 Å². The molecule has 0 spiro atoms. The lowest BCUT2D eigenvalue weighted by Gasteiger charge is -2.24. The Balaban J connectivity index is 0.798. The van der Waals surface area contributed by atoms with E-state index in [0.717, 1.165) is 0 Å². The summed E-state index contributed by atoms with van der Waals surface area (Å²) in [7, 11) is 0. The van der Waals surface area contributed by atoms with Crippen molar-refractivity contribution in [3.05, 3.63) is 253 Å². The van der Waals surface area contributed by atoms with Gasteiger partial charge in [0.25, 0.3) is 0 Å². The summed E-state index contributed by atoms with van der Waals surface area (Å²) in [4.78, 5) is 0. The minimum absolute atomic E-state index is 0.150. The zero-order chi connectivity index (χ0) is 45.7. The third kappa shape index (κ3) is 6.50. The maximum absolute atomic E-state index is 2.47. The lowest BCUT2D eigenvalue weighted by atomic mass is 9.79. The van der Waals surface area contributed by atoms with Crippen molar-refractivity contribution >= 4 is 21.5 Å². The fraction of sp³-hybridized carbons (Fsp3) is 0.0882. The highest BCUT2D eigenvalue weighted by molar-refractivity contribution is 5.95. The molecule has 0 heterocycles. The fourth-order valence-corrected chi connectivity index (χ4v) is 11.6. The fourth-order valence-electron chi connectivity index (χ4n) is 11.6. The first kappa shape index (κ1) is 40.2. The second kappa shape index (κ2) is 15.2. The van der Waals surface area contributed by atoms with Crippen LogP contribution >= 0.6 is 0 Å². The number of rotatable bonds is 6. The average Bonchev–Trinajstić information content (AvgIpc) is 3.76. The van der Waals surface area contributed by atoms with Gasteiger partial charge in [0, 0.05) is 10.8 Å². The van der Waals surface area contributed by atoms with Crippen LogP contribution in [0.25, 0.3) is 111 Å². The summed E-state index contributed by atoms with van der Waals surface area (Å²) in [6.45, 7) is 9.61. The molecule has 0 fully saturated rings. The van der Waals surface area contributed by atoms with Gasteiger partial charge >= 0.3 is 0 Å². The highest BCUT2D eigenvalue weighted by Gasteiger charge is 2.38. The predicted octanol–water partition coefficient (Wildman–Crippen LogP) is 18.6. The zero-order valence-corrected chi connectivity index (χ0v) is 38.9. The van der Waals surface area contributed by atoms with Crippen LogP contribution in [0.2, 0.25) is 0 Å². The molecular formula is C68H50. The summed E-state index contributed by atoms with van der Waals surface area (Å²) in [6, 6.07) is 86.3. The molecule has 0 atom stereocenters. The van der Waals surface area contributed by atoms with Gasteiger partial charge < -0.3 is 0 Å². The monoisotopic (exact) mass is 866 g/mol. The molecule has 0 nitrogen and oxygen atoms in total. The first-order valence-electron chi connectivity index (χ1n) is 24.0. The van der Waals surface area contributed by atoms with Crippen LogP contribution in [0.3, 0.4) is 0 Å². The van der Waals surface area contributed by atoms with Crippen molar-refractivity contribution in [3.8, 4) is 89.0 Å². The second-order valence-corrected chi connectivity index (χ2v) is 20.2. The molecule has 2 aliphatic carbocycles. The average molecular weight is 867 g/mol. The Morgan fingerprint density at radius 3 is 0.838 bits per heavy atom. The van der Waals surface area contributed by atoms with Gasteiger partial charge in [-0.2, -0.15) is 0 Å². The molecule has 0 N–H and O–H groups in total. The van der Waals surface area contributed by atoms with Crippen molar-refractivity contribution in [1.82, 2.24) is 0 Å². The van der Waals surface area contributed by atoms with Crippen LogP contribution in [-0.2, 0) is 10.8 Å². The molecule has 322 valence electrons. The van der Waals surface area contributed by atoms with E-state index in [4.69, 9.17) is 0 Å². The number of benzene rings is 11. The van der Waals surface area contributed by atoms with Gasteiger partial charge in [0.15, 0.2) is 0 Å². The smallest absolute Gasteiger partial charge is 0.0159 e. The van der Waals surface area contributed by atoms with E-state index in [1.165, 1.54) is 133 Å². The molecule has 0 radical (unpaired) electrons. The van der Waals surface area contributed by atoms with Crippen LogP contribution < -0.4 is 0 Å². The lowest BCUT2D eigenvalue weighted by Crippen LogP contribution is -2.15. The summed E-state index contributed by atoms with van der Waals surface area (Å²) >= 11 is 0.